The number of fused-ring (bicyclic) bond motifs is 1. The summed E-state index contributed by atoms with van der Waals surface area (Å²) in [6, 6.07) is 15.8. The van der Waals surface area contributed by atoms with Gasteiger partial charge in [-0.15, -0.1) is 10.2 Å². The third-order valence-corrected chi connectivity index (χ3v) is 3.58. The van der Waals surface area contributed by atoms with Gasteiger partial charge in [-0.1, -0.05) is 18.2 Å². The number of hydrogen-bond donors (Lipinski definition) is 1. The molecule has 6 nitrogen and oxygen atoms in total. The Morgan fingerprint density at radius 1 is 0.909 bits per heavy atom. The van der Waals surface area contributed by atoms with Gasteiger partial charge in [-0.05, 0) is 30.3 Å². The number of nitrogens with zero attached hydrogens (tertiary/aromatic N) is 5. The molecule has 0 aliphatic carbocycles. The summed E-state index contributed by atoms with van der Waals surface area (Å²) in [6.45, 7) is -0.120. The van der Waals surface area contributed by atoms with E-state index >= 15 is 0 Å². The molecule has 6 heteroatoms. The largest absolute Gasteiger partial charge is 0.388 e. The smallest absolute Gasteiger partial charge is 0.140 e. The van der Waals surface area contributed by atoms with Crippen LogP contribution in [0.5, 0.6) is 0 Å². The molecule has 108 valence electrons. The number of aliphatic hydroxyl groups is 1. The summed E-state index contributed by atoms with van der Waals surface area (Å²) >= 11 is 0. The number of para-hydroxylation sites is 2. The Bertz CT molecular complexity index is 927. The van der Waals surface area contributed by atoms with Crippen molar-refractivity contribution in [3.05, 3.63) is 67.0 Å². The standard InChI is InChI=1S/C16H13N5O/c22-9-16-19-14-6-1-2-7-15(14)21(16)13-5-3-4-12(8-13)20-10-17-18-11-20/h1-8,10-11,22H,9H2. The topological polar surface area (TPSA) is 68.8 Å². The van der Waals surface area contributed by atoms with Crippen LogP contribution in [0.3, 0.4) is 0 Å². The van der Waals surface area contributed by atoms with Crippen molar-refractivity contribution in [2.45, 2.75) is 6.61 Å². The highest BCUT2D eigenvalue weighted by atomic mass is 16.3. The minimum Gasteiger partial charge on any atom is -0.388 e. The van der Waals surface area contributed by atoms with Crippen molar-refractivity contribution < 1.29 is 5.11 Å². The van der Waals surface area contributed by atoms with Crippen molar-refractivity contribution in [1.29, 1.82) is 0 Å². The second kappa shape index (κ2) is 5.09. The maximum Gasteiger partial charge on any atom is 0.140 e. The highest BCUT2D eigenvalue weighted by Crippen LogP contribution is 2.23. The first kappa shape index (κ1) is 12.7. The van der Waals surface area contributed by atoms with Crippen LogP contribution in [0, 0.1) is 0 Å². The Hall–Kier alpha value is -2.99. The SMILES string of the molecule is OCc1nc2ccccc2n1-c1cccc(-n2cnnc2)c1. The van der Waals surface area contributed by atoms with Gasteiger partial charge in [-0.3, -0.25) is 9.13 Å². The molecule has 22 heavy (non-hydrogen) atoms. The van der Waals surface area contributed by atoms with Crippen LogP contribution in [-0.2, 0) is 6.61 Å². The van der Waals surface area contributed by atoms with Crippen LogP contribution in [0.1, 0.15) is 5.82 Å². The molecule has 4 aromatic rings. The quantitative estimate of drug-likeness (QED) is 0.627. The monoisotopic (exact) mass is 291 g/mol. The van der Waals surface area contributed by atoms with Crippen molar-refractivity contribution in [3.8, 4) is 11.4 Å². The van der Waals surface area contributed by atoms with E-state index in [4.69, 9.17) is 0 Å². The minimum absolute atomic E-state index is 0.120. The molecular weight excluding hydrogens is 278 g/mol. The van der Waals surface area contributed by atoms with Crippen LogP contribution in [0.2, 0.25) is 0 Å². The van der Waals surface area contributed by atoms with Crippen molar-refractivity contribution in [2.75, 3.05) is 0 Å². The molecule has 2 heterocycles. The molecule has 2 aromatic heterocycles. The normalized spacial score (nSPS) is 11.1. The van der Waals surface area contributed by atoms with E-state index in [2.05, 4.69) is 15.2 Å². The highest BCUT2D eigenvalue weighted by molar-refractivity contribution is 5.78. The molecular formula is C16H13N5O. The molecule has 0 amide bonds. The molecule has 0 radical (unpaired) electrons. The van der Waals surface area contributed by atoms with Crippen LogP contribution < -0.4 is 0 Å². The predicted octanol–water partition coefficient (Wildman–Crippen LogP) is 2.10. The van der Waals surface area contributed by atoms with Crippen LogP contribution in [0.4, 0.5) is 0 Å². The lowest BCUT2D eigenvalue weighted by Gasteiger charge is -2.10. The molecule has 0 aliphatic heterocycles. The zero-order valence-corrected chi connectivity index (χ0v) is 11.7. The summed E-state index contributed by atoms with van der Waals surface area (Å²) < 4.78 is 3.80. The summed E-state index contributed by atoms with van der Waals surface area (Å²) in [5.74, 6) is 0.613. The molecule has 0 bridgehead atoms. The lowest BCUT2D eigenvalue weighted by Crippen LogP contribution is -2.02. The van der Waals surface area contributed by atoms with E-state index in [-0.39, 0.29) is 6.61 Å². The van der Waals surface area contributed by atoms with Gasteiger partial charge in [-0.25, -0.2) is 4.98 Å². The summed E-state index contributed by atoms with van der Waals surface area (Å²) in [5.41, 5.74) is 3.71. The number of benzene rings is 2. The first-order valence-corrected chi connectivity index (χ1v) is 6.89. The number of hydrogen-bond acceptors (Lipinski definition) is 4. The number of aliphatic hydroxyl groups excluding tert-OH is 1. The van der Waals surface area contributed by atoms with E-state index in [1.54, 1.807) is 12.7 Å². The highest BCUT2D eigenvalue weighted by Gasteiger charge is 2.11. The van der Waals surface area contributed by atoms with Gasteiger partial charge in [0.1, 0.15) is 25.1 Å². The maximum absolute atomic E-state index is 9.63. The number of rotatable bonds is 3. The molecule has 0 saturated carbocycles. The van der Waals surface area contributed by atoms with Crippen molar-refractivity contribution in [3.63, 3.8) is 0 Å². The van der Waals surface area contributed by atoms with Crippen molar-refractivity contribution in [1.82, 2.24) is 24.3 Å². The van der Waals surface area contributed by atoms with Gasteiger partial charge in [0.25, 0.3) is 0 Å². The van der Waals surface area contributed by atoms with E-state index in [0.717, 1.165) is 22.4 Å². The number of imidazole rings is 1. The molecule has 0 saturated heterocycles. The van der Waals surface area contributed by atoms with Crippen molar-refractivity contribution >= 4 is 11.0 Å². The van der Waals surface area contributed by atoms with Crippen LogP contribution >= 0.6 is 0 Å². The Morgan fingerprint density at radius 3 is 2.50 bits per heavy atom. The number of aromatic nitrogens is 5. The maximum atomic E-state index is 9.63. The first-order valence-electron chi connectivity index (χ1n) is 6.89. The third-order valence-electron chi connectivity index (χ3n) is 3.58. The summed E-state index contributed by atoms with van der Waals surface area (Å²) in [7, 11) is 0. The average Bonchev–Trinajstić information content (AvgIpc) is 3.22. The fraction of sp³-hybridized carbons (Fsp3) is 0.0625. The molecule has 1 N–H and O–H groups in total. The molecule has 0 atom stereocenters. The molecule has 2 aromatic carbocycles. The van der Waals surface area contributed by atoms with Gasteiger partial charge in [0, 0.05) is 5.69 Å². The second-order valence-corrected chi connectivity index (χ2v) is 4.90. The van der Waals surface area contributed by atoms with E-state index in [0.29, 0.717) is 5.82 Å². The Labute approximate surface area is 126 Å². The van der Waals surface area contributed by atoms with Gasteiger partial charge in [-0.2, -0.15) is 0 Å². The van der Waals surface area contributed by atoms with Crippen LogP contribution in [0.15, 0.2) is 61.2 Å². The molecule has 0 aliphatic rings. The van der Waals surface area contributed by atoms with Gasteiger partial charge < -0.3 is 5.11 Å². The fourth-order valence-electron chi connectivity index (χ4n) is 2.60. The molecule has 0 unspecified atom stereocenters. The first-order chi connectivity index (χ1) is 10.9. The van der Waals surface area contributed by atoms with E-state index < -0.39 is 0 Å². The Kier molecular flexibility index (Phi) is 2.94. The van der Waals surface area contributed by atoms with E-state index in [1.165, 1.54) is 0 Å². The minimum atomic E-state index is -0.120. The van der Waals surface area contributed by atoms with Crippen LogP contribution in [0.25, 0.3) is 22.4 Å². The van der Waals surface area contributed by atoms with Gasteiger partial charge in [0.15, 0.2) is 0 Å². The Morgan fingerprint density at radius 2 is 1.68 bits per heavy atom. The summed E-state index contributed by atoms with van der Waals surface area (Å²) in [5, 5.41) is 17.3. The Balaban J connectivity index is 1.94. The third kappa shape index (κ3) is 1.97. The van der Waals surface area contributed by atoms with Gasteiger partial charge >= 0.3 is 0 Å². The van der Waals surface area contributed by atoms with Gasteiger partial charge in [0.2, 0.25) is 0 Å². The lowest BCUT2D eigenvalue weighted by molar-refractivity contribution is 0.270. The predicted molar refractivity (Wildman–Crippen MR) is 81.9 cm³/mol. The van der Waals surface area contributed by atoms with Gasteiger partial charge in [0.05, 0.1) is 16.7 Å². The summed E-state index contributed by atoms with van der Waals surface area (Å²) in [6.07, 6.45) is 3.30. The van der Waals surface area contributed by atoms with Crippen molar-refractivity contribution in [2.24, 2.45) is 0 Å². The average molecular weight is 291 g/mol. The molecule has 0 fully saturated rings. The van der Waals surface area contributed by atoms with Crippen LogP contribution in [-0.4, -0.2) is 29.4 Å². The fourth-order valence-corrected chi connectivity index (χ4v) is 2.60. The zero-order valence-electron chi connectivity index (χ0n) is 11.7. The lowest BCUT2D eigenvalue weighted by atomic mass is 10.2. The van der Waals surface area contributed by atoms with E-state index in [9.17, 15) is 5.11 Å². The molecule has 4 rings (SSSR count). The van der Waals surface area contributed by atoms with E-state index in [1.807, 2.05) is 57.7 Å². The zero-order chi connectivity index (χ0) is 14.9. The summed E-state index contributed by atoms with van der Waals surface area (Å²) in [4.78, 5) is 4.48. The second-order valence-electron chi connectivity index (χ2n) is 4.90. The molecule has 0 spiro atoms.